The minimum Gasteiger partial charge on any atom is -0.493 e. The van der Waals surface area contributed by atoms with Gasteiger partial charge in [0.1, 0.15) is 4.99 Å². The highest BCUT2D eigenvalue weighted by Gasteiger charge is 2.24. The van der Waals surface area contributed by atoms with Crippen LogP contribution in [0.3, 0.4) is 0 Å². The number of methoxy groups -OCH3 is 1. The van der Waals surface area contributed by atoms with Crippen LogP contribution in [0.4, 0.5) is 0 Å². The van der Waals surface area contributed by atoms with Crippen molar-refractivity contribution in [1.82, 2.24) is 0 Å². The molecule has 0 saturated carbocycles. The number of hydrogen-bond donors (Lipinski definition) is 1. The molecule has 0 heterocycles. The van der Waals surface area contributed by atoms with Crippen LogP contribution in [-0.4, -0.2) is 17.7 Å². The number of ether oxygens (including phenoxy) is 2. The Balaban J connectivity index is 3.01. The molecule has 3 nitrogen and oxygen atoms in total. The fraction of sp³-hybridized carbons (Fsp3) is 0.417. The summed E-state index contributed by atoms with van der Waals surface area (Å²) in [6.07, 6.45) is 0. The Labute approximate surface area is 102 Å². The molecular formula is C12H17NO2S. The fourth-order valence-corrected chi connectivity index (χ4v) is 1.23. The Hall–Kier alpha value is -1.29. The number of rotatable bonds is 4. The zero-order valence-electron chi connectivity index (χ0n) is 10.0. The molecule has 0 radical (unpaired) electrons. The van der Waals surface area contributed by atoms with Crippen LogP contribution in [0.25, 0.3) is 0 Å². The zero-order chi connectivity index (χ0) is 12.3. The van der Waals surface area contributed by atoms with Gasteiger partial charge in [-0.25, -0.2) is 0 Å². The summed E-state index contributed by atoms with van der Waals surface area (Å²) < 4.78 is 11.0. The number of benzene rings is 1. The van der Waals surface area contributed by atoms with Crippen molar-refractivity contribution < 1.29 is 9.47 Å². The summed E-state index contributed by atoms with van der Waals surface area (Å²) in [6.45, 7) is 5.65. The number of aryl methyl sites for hydroxylation is 1. The monoisotopic (exact) mass is 239 g/mol. The third kappa shape index (κ3) is 2.85. The van der Waals surface area contributed by atoms with Gasteiger partial charge in [-0.2, -0.15) is 0 Å². The van der Waals surface area contributed by atoms with Crippen LogP contribution >= 0.6 is 12.2 Å². The summed E-state index contributed by atoms with van der Waals surface area (Å²) in [6, 6.07) is 5.71. The summed E-state index contributed by atoms with van der Waals surface area (Å²) in [4.78, 5) is 0.315. The van der Waals surface area contributed by atoms with Crippen LogP contribution in [0, 0.1) is 6.92 Å². The Morgan fingerprint density at radius 1 is 1.31 bits per heavy atom. The van der Waals surface area contributed by atoms with Gasteiger partial charge in [-0.1, -0.05) is 18.3 Å². The van der Waals surface area contributed by atoms with E-state index in [9.17, 15) is 0 Å². The van der Waals surface area contributed by atoms with E-state index in [-0.39, 0.29) is 0 Å². The first-order valence-corrected chi connectivity index (χ1v) is 5.41. The fourth-order valence-electron chi connectivity index (χ4n) is 1.18. The normalized spacial score (nSPS) is 11.0. The smallest absolute Gasteiger partial charge is 0.162 e. The van der Waals surface area contributed by atoms with Gasteiger partial charge in [-0.3, -0.25) is 0 Å². The predicted molar refractivity (Wildman–Crippen MR) is 69.2 cm³/mol. The SMILES string of the molecule is COc1cc(C)ccc1OC(C)(C)C(N)=S. The van der Waals surface area contributed by atoms with Crippen molar-refractivity contribution in [2.45, 2.75) is 26.4 Å². The largest absolute Gasteiger partial charge is 0.493 e. The molecule has 1 aromatic carbocycles. The summed E-state index contributed by atoms with van der Waals surface area (Å²) in [5.41, 5.74) is 6.03. The molecule has 4 heteroatoms. The molecule has 0 amide bonds. The van der Waals surface area contributed by atoms with E-state index in [1.165, 1.54) is 0 Å². The third-order valence-electron chi connectivity index (χ3n) is 2.28. The highest BCUT2D eigenvalue weighted by Crippen LogP contribution is 2.30. The highest BCUT2D eigenvalue weighted by atomic mass is 32.1. The van der Waals surface area contributed by atoms with Gasteiger partial charge in [-0.05, 0) is 38.5 Å². The molecule has 0 aromatic heterocycles. The van der Waals surface area contributed by atoms with Crippen molar-refractivity contribution in [2.24, 2.45) is 5.73 Å². The van der Waals surface area contributed by atoms with Gasteiger partial charge in [-0.15, -0.1) is 0 Å². The first kappa shape index (κ1) is 12.8. The Bertz CT molecular complexity index is 402. The maximum absolute atomic E-state index is 5.75. The van der Waals surface area contributed by atoms with Crippen molar-refractivity contribution in [3.05, 3.63) is 23.8 Å². The third-order valence-corrected chi connectivity index (χ3v) is 2.77. The highest BCUT2D eigenvalue weighted by molar-refractivity contribution is 7.80. The van der Waals surface area contributed by atoms with E-state index in [0.29, 0.717) is 16.5 Å². The summed E-state index contributed by atoms with van der Waals surface area (Å²) in [5.74, 6) is 1.33. The molecule has 0 aliphatic heterocycles. The lowest BCUT2D eigenvalue weighted by Gasteiger charge is -2.26. The molecule has 0 saturated heterocycles. The van der Waals surface area contributed by atoms with E-state index in [0.717, 1.165) is 5.56 Å². The first-order chi connectivity index (χ1) is 7.36. The number of thiocarbonyl (C=S) groups is 1. The van der Waals surface area contributed by atoms with E-state index < -0.39 is 5.60 Å². The number of hydrogen-bond acceptors (Lipinski definition) is 3. The minimum atomic E-state index is -0.683. The Morgan fingerprint density at radius 2 is 1.94 bits per heavy atom. The van der Waals surface area contributed by atoms with Gasteiger partial charge in [0.05, 0.1) is 7.11 Å². The lowest BCUT2D eigenvalue weighted by molar-refractivity contribution is 0.176. The first-order valence-electron chi connectivity index (χ1n) is 5.00. The second kappa shape index (κ2) is 4.70. The van der Waals surface area contributed by atoms with Crippen LogP contribution in [0.15, 0.2) is 18.2 Å². The van der Waals surface area contributed by atoms with E-state index in [2.05, 4.69) is 0 Å². The molecule has 0 aliphatic rings. The van der Waals surface area contributed by atoms with E-state index in [4.69, 9.17) is 27.4 Å². The molecule has 0 spiro atoms. The molecule has 0 fully saturated rings. The van der Waals surface area contributed by atoms with Gasteiger partial charge < -0.3 is 15.2 Å². The summed E-state index contributed by atoms with van der Waals surface area (Å²) >= 11 is 4.95. The van der Waals surface area contributed by atoms with Gasteiger partial charge in [0.2, 0.25) is 0 Å². The minimum absolute atomic E-state index is 0.315. The van der Waals surface area contributed by atoms with Crippen molar-refractivity contribution in [1.29, 1.82) is 0 Å². The van der Waals surface area contributed by atoms with Crippen molar-refractivity contribution in [3.63, 3.8) is 0 Å². The van der Waals surface area contributed by atoms with E-state index in [1.807, 2.05) is 39.0 Å². The van der Waals surface area contributed by atoms with Gasteiger partial charge in [0, 0.05) is 0 Å². The Morgan fingerprint density at radius 3 is 2.44 bits per heavy atom. The average Bonchev–Trinajstić information content (AvgIpc) is 2.20. The molecule has 2 N–H and O–H groups in total. The molecule has 16 heavy (non-hydrogen) atoms. The molecule has 0 atom stereocenters. The van der Waals surface area contributed by atoms with Gasteiger partial charge in [0.25, 0.3) is 0 Å². The summed E-state index contributed by atoms with van der Waals surface area (Å²) in [5, 5.41) is 0. The zero-order valence-corrected chi connectivity index (χ0v) is 10.9. The topological polar surface area (TPSA) is 44.5 Å². The van der Waals surface area contributed by atoms with Crippen LogP contribution in [-0.2, 0) is 0 Å². The van der Waals surface area contributed by atoms with Crippen LogP contribution in [0.5, 0.6) is 11.5 Å². The molecule has 1 aromatic rings. The van der Waals surface area contributed by atoms with Crippen LogP contribution in [0.1, 0.15) is 19.4 Å². The lowest BCUT2D eigenvalue weighted by Crippen LogP contribution is -2.42. The quantitative estimate of drug-likeness (QED) is 0.820. The maximum atomic E-state index is 5.75. The van der Waals surface area contributed by atoms with Gasteiger partial charge >= 0.3 is 0 Å². The second-order valence-electron chi connectivity index (χ2n) is 4.13. The predicted octanol–water partition coefficient (Wildman–Crippen LogP) is 2.45. The molecule has 0 unspecified atom stereocenters. The van der Waals surface area contributed by atoms with Crippen LogP contribution in [0.2, 0.25) is 0 Å². The standard InChI is InChI=1S/C12H17NO2S/c1-8-5-6-9(10(7-8)14-4)15-12(2,3)11(13)16/h5-7H,1-4H3,(H2,13,16). The average molecular weight is 239 g/mol. The van der Waals surface area contributed by atoms with Crippen molar-refractivity contribution in [2.75, 3.05) is 7.11 Å². The second-order valence-corrected chi connectivity index (χ2v) is 4.57. The van der Waals surface area contributed by atoms with Gasteiger partial charge in [0.15, 0.2) is 17.1 Å². The maximum Gasteiger partial charge on any atom is 0.162 e. The van der Waals surface area contributed by atoms with Crippen molar-refractivity contribution in [3.8, 4) is 11.5 Å². The van der Waals surface area contributed by atoms with E-state index >= 15 is 0 Å². The molecule has 1 rings (SSSR count). The van der Waals surface area contributed by atoms with Crippen LogP contribution < -0.4 is 15.2 Å². The lowest BCUT2D eigenvalue weighted by atomic mass is 10.1. The molecule has 0 bridgehead atoms. The van der Waals surface area contributed by atoms with E-state index in [1.54, 1.807) is 7.11 Å². The number of nitrogens with two attached hydrogens (primary N) is 1. The molecule has 0 aliphatic carbocycles. The van der Waals surface area contributed by atoms with Crippen molar-refractivity contribution >= 4 is 17.2 Å². The summed E-state index contributed by atoms with van der Waals surface area (Å²) in [7, 11) is 1.61. The Kier molecular flexibility index (Phi) is 3.75. The molecule has 88 valence electrons. The molecular weight excluding hydrogens is 222 g/mol.